The Morgan fingerprint density at radius 2 is 1.85 bits per heavy atom. The minimum absolute atomic E-state index is 0.124. The van der Waals surface area contributed by atoms with E-state index in [4.69, 9.17) is 0 Å². The molecule has 2 aromatic heterocycles. The third-order valence-electron chi connectivity index (χ3n) is 5.91. The van der Waals surface area contributed by atoms with Crippen LogP contribution in [0.15, 0.2) is 23.3 Å². The van der Waals surface area contributed by atoms with Gasteiger partial charge in [-0.3, -0.25) is 14.5 Å². The van der Waals surface area contributed by atoms with Crippen LogP contribution >= 0.6 is 0 Å². The highest BCUT2D eigenvalue weighted by Gasteiger charge is 2.26. The van der Waals surface area contributed by atoms with Crippen LogP contribution in [0.2, 0.25) is 0 Å². The summed E-state index contributed by atoms with van der Waals surface area (Å²) >= 11 is 0. The zero-order valence-electron chi connectivity index (χ0n) is 16.1. The molecule has 3 heterocycles. The molecular formula is C20H27N5O2. The molecule has 7 heteroatoms. The molecule has 1 aliphatic heterocycles. The maximum atomic E-state index is 13.0. The topological polar surface area (TPSA) is 63.4 Å². The second-order valence-corrected chi connectivity index (χ2v) is 7.62. The van der Waals surface area contributed by atoms with Gasteiger partial charge in [0.1, 0.15) is 11.4 Å². The smallest absolute Gasteiger partial charge is 0.263 e. The quantitative estimate of drug-likeness (QED) is 0.808. The van der Waals surface area contributed by atoms with Crippen molar-refractivity contribution >= 4 is 5.91 Å². The lowest BCUT2D eigenvalue weighted by atomic mass is 9.94. The van der Waals surface area contributed by atoms with Gasteiger partial charge in [-0.15, -0.1) is 0 Å². The molecule has 144 valence electrons. The van der Waals surface area contributed by atoms with Crippen molar-refractivity contribution in [3.63, 3.8) is 0 Å². The predicted molar refractivity (Wildman–Crippen MR) is 103 cm³/mol. The van der Waals surface area contributed by atoms with Crippen molar-refractivity contribution in [2.45, 2.75) is 32.2 Å². The highest BCUT2D eigenvalue weighted by atomic mass is 16.2. The van der Waals surface area contributed by atoms with Gasteiger partial charge in [-0.05, 0) is 37.3 Å². The van der Waals surface area contributed by atoms with Crippen LogP contribution in [0.1, 0.15) is 40.3 Å². The monoisotopic (exact) mass is 369 g/mol. The van der Waals surface area contributed by atoms with E-state index in [0.29, 0.717) is 18.7 Å². The third kappa shape index (κ3) is 3.43. The van der Waals surface area contributed by atoms with Crippen LogP contribution in [0.5, 0.6) is 0 Å². The first kappa shape index (κ1) is 18.0. The van der Waals surface area contributed by atoms with Crippen LogP contribution in [-0.2, 0) is 33.5 Å². The molecule has 2 aliphatic rings. The molecule has 2 aromatic rings. The fourth-order valence-corrected chi connectivity index (χ4v) is 4.17. The van der Waals surface area contributed by atoms with E-state index in [1.54, 1.807) is 17.8 Å². The van der Waals surface area contributed by atoms with Gasteiger partial charge in [0.15, 0.2) is 0 Å². The number of carbonyl (C=O) groups excluding carboxylic acids is 1. The van der Waals surface area contributed by atoms with Crippen LogP contribution in [0, 0.1) is 0 Å². The molecule has 0 radical (unpaired) electrons. The van der Waals surface area contributed by atoms with Gasteiger partial charge in [-0.25, -0.2) is 4.98 Å². The van der Waals surface area contributed by atoms with Crippen molar-refractivity contribution in [3.05, 3.63) is 51.5 Å². The SMILES string of the molecule is Cn1ccnc1CN1CCN(C(=O)c2cc3c(n(C)c2=O)CCCC3)CC1. The molecule has 0 N–H and O–H groups in total. The van der Waals surface area contributed by atoms with Gasteiger partial charge in [-0.1, -0.05) is 0 Å². The van der Waals surface area contributed by atoms with E-state index in [9.17, 15) is 9.59 Å². The Kier molecular flexibility index (Phi) is 4.86. The number of carbonyl (C=O) groups is 1. The van der Waals surface area contributed by atoms with Gasteiger partial charge in [0, 0.05) is 58.4 Å². The van der Waals surface area contributed by atoms with Gasteiger partial charge in [-0.2, -0.15) is 0 Å². The minimum Gasteiger partial charge on any atom is -0.337 e. The molecule has 0 aromatic carbocycles. The lowest BCUT2D eigenvalue weighted by molar-refractivity contribution is 0.0622. The summed E-state index contributed by atoms with van der Waals surface area (Å²) in [5.74, 6) is 0.902. The summed E-state index contributed by atoms with van der Waals surface area (Å²) in [5, 5.41) is 0. The zero-order valence-corrected chi connectivity index (χ0v) is 16.1. The molecule has 7 nitrogen and oxygen atoms in total. The van der Waals surface area contributed by atoms with E-state index in [2.05, 4.69) is 9.88 Å². The highest BCUT2D eigenvalue weighted by Crippen LogP contribution is 2.21. The van der Waals surface area contributed by atoms with E-state index in [-0.39, 0.29) is 11.5 Å². The maximum absolute atomic E-state index is 13.0. The van der Waals surface area contributed by atoms with Crippen LogP contribution in [0.3, 0.4) is 0 Å². The summed E-state index contributed by atoms with van der Waals surface area (Å²) in [6.07, 6.45) is 7.89. The van der Waals surface area contributed by atoms with Crippen LogP contribution in [0.25, 0.3) is 0 Å². The molecule has 0 bridgehead atoms. The molecule has 0 spiro atoms. The highest BCUT2D eigenvalue weighted by molar-refractivity contribution is 5.94. The third-order valence-corrected chi connectivity index (χ3v) is 5.91. The molecule has 27 heavy (non-hydrogen) atoms. The number of amides is 1. The van der Waals surface area contributed by atoms with E-state index in [1.807, 2.05) is 28.8 Å². The predicted octanol–water partition coefficient (Wildman–Crippen LogP) is 0.956. The maximum Gasteiger partial charge on any atom is 0.263 e. The molecule has 1 fully saturated rings. The number of aromatic nitrogens is 3. The van der Waals surface area contributed by atoms with E-state index < -0.39 is 0 Å². The van der Waals surface area contributed by atoms with Crippen molar-refractivity contribution in [1.29, 1.82) is 0 Å². The Bertz CT molecular complexity index is 906. The Morgan fingerprint density at radius 3 is 2.56 bits per heavy atom. The van der Waals surface area contributed by atoms with Crippen molar-refractivity contribution in [2.75, 3.05) is 26.2 Å². The number of piperazine rings is 1. The van der Waals surface area contributed by atoms with Gasteiger partial charge in [0.2, 0.25) is 0 Å². The van der Waals surface area contributed by atoms with Crippen LogP contribution in [0.4, 0.5) is 0 Å². The second-order valence-electron chi connectivity index (χ2n) is 7.62. The number of hydrogen-bond donors (Lipinski definition) is 0. The average molecular weight is 369 g/mol. The lowest BCUT2D eigenvalue weighted by Gasteiger charge is -2.34. The summed E-state index contributed by atoms with van der Waals surface area (Å²) in [6, 6.07) is 1.86. The van der Waals surface area contributed by atoms with Crippen molar-refractivity contribution in [2.24, 2.45) is 14.1 Å². The number of rotatable bonds is 3. The Balaban J connectivity index is 1.46. The molecule has 4 rings (SSSR count). The minimum atomic E-state index is -0.156. The standard InChI is InChI=1S/C20H27N5O2/c1-22-8-7-21-18(22)14-24-9-11-25(12-10-24)20(27)16-13-15-5-3-4-6-17(15)23(2)19(16)26/h7-8,13H,3-6,9-12,14H2,1-2H3. The van der Waals surface area contributed by atoms with Crippen molar-refractivity contribution in [3.8, 4) is 0 Å². The number of aryl methyl sites for hydroxylation is 2. The number of hydrogen-bond acceptors (Lipinski definition) is 4. The molecule has 1 saturated heterocycles. The normalized spacial score (nSPS) is 17.8. The molecule has 0 saturated carbocycles. The molecule has 1 amide bonds. The number of nitrogens with zero attached hydrogens (tertiary/aromatic N) is 5. The molecular weight excluding hydrogens is 342 g/mol. The summed E-state index contributed by atoms with van der Waals surface area (Å²) in [4.78, 5) is 34.2. The fourth-order valence-electron chi connectivity index (χ4n) is 4.17. The Labute approximate surface area is 159 Å². The van der Waals surface area contributed by atoms with E-state index in [1.165, 1.54) is 5.56 Å². The Morgan fingerprint density at radius 1 is 1.11 bits per heavy atom. The molecule has 0 atom stereocenters. The zero-order chi connectivity index (χ0) is 19.0. The van der Waals surface area contributed by atoms with Crippen molar-refractivity contribution < 1.29 is 4.79 Å². The van der Waals surface area contributed by atoms with E-state index >= 15 is 0 Å². The second kappa shape index (κ2) is 7.31. The van der Waals surface area contributed by atoms with E-state index in [0.717, 1.165) is 56.8 Å². The lowest BCUT2D eigenvalue weighted by Crippen LogP contribution is -2.49. The van der Waals surface area contributed by atoms with Gasteiger partial charge in [0.25, 0.3) is 11.5 Å². The van der Waals surface area contributed by atoms with Gasteiger partial charge >= 0.3 is 0 Å². The largest absolute Gasteiger partial charge is 0.337 e. The number of imidazole rings is 1. The number of fused-ring (bicyclic) bond motifs is 1. The van der Waals surface area contributed by atoms with Gasteiger partial charge < -0.3 is 14.0 Å². The van der Waals surface area contributed by atoms with Crippen molar-refractivity contribution in [1.82, 2.24) is 23.9 Å². The Hall–Kier alpha value is -2.41. The van der Waals surface area contributed by atoms with Crippen LogP contribution in [-0.4, -0.2) is 56.0 Å². The van der Waals surface area contributed by atoms with Crippen LogP contribution < -0.4 is 5.56 Å². The average Bonchev–Trinajstić information content (AvgIpc) is 3.09. The first-order valence-electron chi connectivity index (χ1n) is 9.74. The first-order chi connectivity index (χ1) is 13.0. The van der Waals surface area contributed by atoms with Gasteiger partial charge in [0.05, 0.1) is 6.54 Å². The number of pyridine rings is 1. The fraction of sp³-hybridized carbons (Fsp3) is 0.550. The summed E-state index contributed by atoms with van der Waals surface area (Å²) in [5.41, 5.74) is 2.44. The summed E-state index contributed by atoms with van der Waals surface area (Å²) in [6.45, 7) is 3.66. The summed E-state index contributed by atoms with van der Waals surface area (Å²) in [7, 11) is 3.79. The molecule has 0 unspecified atom stereocenters. The molecule has 1 aliphatic carbocycles. The first-order valence-corrected chi connectivity index (χ1v) is 9.74. The summed E-state index contributed by atoms with van der Waals surface area (Å²) < 4.78 is 3.72.